The molecule has 2 aromatic rings. The van der Waals surface area contributed by atoms with Crippen molar-refractivity contribution >= 4 is 33.3 Å². The molecule has 0 spiro atoms. The zero-order chi connectivity index (χ0) is 19.6. The summed E-state index contributed by atoms with van der Waals surface area (Å²) in [6.45, 7) is 3.20. The maximum atomic E-state index is 12.8. The quantitative estimate of drug-likeness (QED) is 0.799. The number of carbonyl (C=O) groups excluding carboxylic acids is 1. The maximum absolute atomic E-state index is 12.8. The van der Waals surface area contributed by atoms with E-state index in [-0.39, 0.29) is 26.9 Å². The molecule has 0 aromatic heterocycles. The number of aryl methyl sites for hydroxylation is 1. The number of hydrogen-bond acceptors (Lipinski definition) is 6. The van der Waals surface area contributed by atoms with Gasteiger partial charge in [-0.2, -0.15) is 0 Å². The average Bonchev–Trinajstić information content (AvgIpc) is 2.56. The molecule has 0 atom stereocenters. The number of nitrogens with one attached hydrogen (secondary N) is 1. The van der Waals surface area contributed by atoms with Gasteiger partial charge in [0.15, 0.2) is 0 Å². The minimum atomic E-state index is -4.11. The van der Waals surface area contributed by atoms with E-state index >= 15 is 0 Å². The fourth-order valence-corrected chi connectivity index (χ4v) is 4.01. The molecule has 0 aliphatic rings. The number of carboxylic acid groups (broad SMARTS) is 1. The van der Waals surface area contributed by atoms with E-state index in [9.17, 15) is 18.3 Å². The summed E-state index contributed by atoms with van der Waals surface area (Å²) in [5.41, 5.74) is 0.787. The van der Waals surface area contributed by atoms with Gasteiger partial charge in [0.2, 0.25) is 0 Å². The third kappa shape index (κ3) is 3.86. The lowest BCUT2D eigenvalue weighted by Crippen LogP contribution is -2.24. The van der Waals surface area contributed by atoms with Gasteiger partial charge >= 0.3 is 0 Å². The number of rotatable bonds is 6. The van der Waals surface area contributed by atoms with Gasteiger partial charge in [0.05, 0.1) is 35.8 Å². The molecule has 0 heterocycles. The molecule has 0 unspecified atom stereocenters. The number of ether oxygens (including phenoxy) is 2. The number of benzene rings is 2. The average molecular weight is 399 g/mol. The van der Waals surface area contributed by atoms with Crippen molar-refractivity contribution < 1.29 is 27.8 Å². The standard InChI is InChI=1S/C17H18ClNO6S/c1-9-5-11(17(20)21)6-16(10(9)2)26(22,23)19-13-7-12(18)14(24-3)8-15(13)25-4/h5-8,19H,1-4H3,(H,20,21)/p-1. The molecular weight excluding hydrogens is 382 g/mol. The largest absolute Gasteiger partial charge is 0.545 e. The zero-order valence-corrected chi connectivity index (χ0v) is 16.1. The molecule has 0 radical (unpaired) electrons. The van der Waals surface area contributed by atoms with E-state index in [4.69, 9.17) is 21.1 Å². The van der Waals surface area contributed by atoms with Crippen LogP contribution in [0.15, 0.2) is 29.2 Å². The summed E-state index contributed by atoms with van der Waals surface area (Å²) in [5, 5.41) is 11.3. The molecule has 0 fully saturated rings. The zero-order valence-electron chi connectivity index (χ0n) is 14.5. The third-order valence-electron chi connectivity index (χ3n) is 3.86. The number of methoxy groups -OCH3 is 2. The van der Waals surface area contributed by atoms with Crippen molar-refractivity contribution in [2.45, 2.75) is 18.7 Å². The highest BCUT2D eigenvalue weighted by Crippen LogP contribution is 2.37. The van der Waals surface area contributed by atoms with Crippen LogP contribution in [0, 0.1) is 13.8 Å². The lowest BCUT2D eigenvalue weighted by atomic mass is 10.1. The number of aromatic carboxylic acids is 1. The summed E-state index contributed by atoms with van der Waals surface area (Å²) in [4.78, 5) is 11.0. The van der Waals surface area contributed by atoms with E-state index in [2.05, 4.69) is 4.72 Å². The van der Waals surface area contributed by atoms with Crippen molar-refractivity contribution in [1.29, 1.82) is 0 Å². The van der Waals surface area contributed by atoms with Gasteiger partial charge in [0.1, 0.15) is 11.5 Å². The van der Waals surface area contributed by atoms with E-state index in [0.717, 1.165) is 6.07 Å². The molecule has 0 amide bonds. The summed E-state index contributed by atoms with van der Waals surface area (Å²) >= 11 is 6.06. The topological polar surface area (TPSA) is 105 Å². The Morgan fingerprint density at radius 1 is 1.08 bits per heavy atom. The molecule has 140 valence electrons. The molecule has 0 aliphatic carbocycles. The van der Waals surface area contributed by atoms with Crippen LogP contribution in [-0.2, 0) is 10.0 Å². The SMILES string of the molecule is COc1cc(OC)c(NS(=O)(=O)c2cc(C(=O)[O-])cc(C)c2C)cc1Cl. The minimum absolute atomic E-state index is 0.0919. The molecule has 2 aromatic carbocycles. The molecule has 0 saturated carbocycles. The van der Waals surface area contributed by atoms with Crippen LogP contribution in [0.5, 0.6) is 11.5 Å². The Morgan fingerprint density at radius 2 is 1.69 bits per heavy atom. The van der Waals surface area contributed by atoms with Gasteiger partial charge < -0.3 is 19.4 Å². The molecule has 26 heavy (non-hydrogen) atoms. The highest BCUT2D eigenvalue weighted by Gasteiger charge is 2.22. The van der Waals surface area contributed by atoms with Crippen LogP contribution >= 0.6 is 11.6 Å². The first-order chi connectivity index (χ1) is 12.1. The predicted molar refractivity (Wildman–Crippen MR) is 95.6 cm³/mol. The Morgan fingerprint density at radius 3 is 2.23 bits per heavy atom. The van der Waals surface area contributed by atoms with Gasteiger partial charge in [-0.15, -0.1) is 0 Å². The molecule has 9 heteroatoms. The summed E-state index contributed by atoms with van der Waals surface area (Å²) in [5.74, 6) is -0.952. The van der Waals surface area contributed by atoms with Crippen molar-refractivity contribution in [2.75, 3.05) is 18.9 Å². The maximum Gasteiger partial charge on any atom is 0.262 e. The summed E-state index contributed by atoms with van der Waals surface area (Å²) < 4.78 is 38.3. The van der Waals surface area contributed by atoms with Gasteiger partial charge in [0, 0.05) is 6.07 Å². The minimum Gasteiger partial charge on any atom is -0.545 e. The smallest absolute Gasteiger partial charge is 0.262 e. The Balaban J connectivity index is 2.57. The Hall–Kier alpha value is -2.45. The van der Waals surface area contributed by atoms with Crippen LogP contribution in [0.4, 0.5) is 5.69 Å². The van der Waals surface area contributed by atoms with Gasteiger partial charge in [-0.05, 0) is 48.7 Å². The van der Waals surface area contributed by atoms with Crippen molar-refractivity contribution in [3.63, 3.8) is 0 Å². The van der Waals surface area contributed by atoms with Gasteiger partial charge in [-0.25, -0.2) is 8.42 Å². The van der Waals surface area contributed by atoms with Crippen LogP contribution in [-0.4, -0.2) is 28.6 Å². The van der Waals surface area contributed by atoms with Crippen molar-refractivity contribution in [2.24, 2.45) is 0 Å². The second-order valence-electron chi connectivity index (χ2n) is 5.50. The molecule has 0 bridgehead atoms. The molecule has 2 rings (SSSR count). The van der Waals surface area contributed by atoms with Crippen LogP contribution in [0.25, 0.3) is 0 Å². The summed E-state index contributed by atoms with van der Waals surface area (Å²) in [6, 6.07) is 5.20. The number of hydrogen-bond donors (Lipinski definition) is 1. The van der Waals surface area contributed by atoms with Gasteiger partial charge in [-0.1, -0.05) is 11.6 Å². The number of sulfonamides is 1. The third-order valence-corrected chi connectivity index (χ3v) is 5.65. The fraction of sp³-hybridized carbons (Fsp3) is 0.235. The Bertz CT molecular complexity index is 972. The molecule has 0 aliphatic heterocycles. The number of anilines is 1. The summed E-state index contributed by atoms with van der Waals surface area (Å²) in [6.07, 6.45) is 0. The number of carboxylic acids is 1. The number of halogens is 1. The fourth-order valence-electron chi connectivity index (χ4n) is 2.36. The van der Waals surface area contributed by atoms with E-state index < -0.39 is 16.0 Å². The van der Waals surface area contributed by atoms with E-state index in [0.29, 0.717) is 16.9 Å². The van der Waals surface area contributed by atoms with Crippen molar-refractivity contribution in [1.82, 2.24) is 0 Å². The van der Waals surface area contributed by atoms with E-state index in [1.54, 1.807) is 13.8 Å². The molecule has 7 nitrogen and oxygen atoms in total. The number of carbonyl (C=O) groups is 1. The van der Waals surface area contributed by atoms with Crippen LogP contribution in [0.3, 0.4) is 0 Å². The van der Waals surface area contributed by atoms with Crippen LogP contribution in [0.1, 0.15) is 21.5 Å². The highest BCUT2D eigenvalue weighted by molar-refractivity contribution is 7.92. The molecule has 1 N–H and O–H groups in total. The van der Waals surface area contributed by atoms with Crippen molar-refractivity contribution in [3.8, 4) is 11.5 Å². The predicted octanol–water partition coefficient (Wildman–Crippen LogP) is 2.14. The second-order valence-corrected chi connectivity index (χ2v) is 7.55. The highest BCUT2D eigenvalue weighted by atomic mass is 35.5. The summed E-state index contributed by atoms with van der Waals surface area (Å²) in [7, 11) is -1.33. The molecule has 0 saturated heterocycles. The molecular formula is C17H17ClNO6S-. The lowest BCUT2D eigenvalue weighted by Gasteiger charge is -2.17. The Kier molecular flexibility index (Phi) is 5.68. The van der Waals surface area contributed by atoms with Gasteiger partial charge in [0.25, 0.3) is 10.0 Å². The normalized spacial score (nSPS) is 11.1. The monoisotopic (exact) mass is 398 g/mol. The van der Waals surface area contributed by atoms with Crippen LogP contribution in [0.2, 0.25) is 5.02 Å². The van der Waals surface area contributed by atoms with Crippen LogP contribution < -0.4 is 19.3 Å². The lowest BCUT2D eigenvalue weighted by molar-refractivity contribution is -0.255. The first kappa shape index (κ1) is 19.9. The Labute approximate surface area is 156 Å². The van der Waals surface area contributed by atoms with E-state index in [1.165, 1.54) is 32.4 Å². The van der Waals surface area contributed by atoms with Crippen molar-refractivity contribution in [3.05, 3.63) is 46.0 Å². The first-order valence-electron chi connectivity index (χ1n) is 7.37. The second kappa shape index (κ2) is 7.43. The van der Waals surface area contributed by atoms with E-state index in [1.807, 2.05) is 0 Å². The first-order valence-corrected chi connectivity index (χ1v) is 9.23. The van der Waals surface area contributed by atoms with Gasteiger partial charge in [-0.3, -0.25) is 4.72 Å².